The fourth-order valence-electron chi connectivity index (χ4n) is 4.35. The zero-order chi connectivity index (χ0) is 20.4. The molecule has 9 heteroatoms. The van der Waals surface area contributed by atoms with Gasteiger partial charge in [0.25, 0.3) is 0 Å². The lowest BCUT2D eigenvalue weighted by Gasteiger charge is -2.47. The van der Waals surface area contributed by atoms with E-state index in [1.807, 2.05) is 23.6 Å². The number of aromatic nitrogens is 5. The maximum Gasteiger partial charge on any atom is 0.247 e. The second-order valence-electron chi connectivity index (χ2n) is 8.28. The minimum atomic E-state index is -0.351. The molecular weight excluding hydrogens is 370 g/mol. The highest BCUT2D eigenvalue weighted by Gasteiger charge is 2.42. The molecule has 2 aromatic heterocycles. The molecule has 2 saturated heterocycles. The number of piperidine rings is 2. The summed E-state index contributed by atoms with van der Waals surface area (Å²) in [6.45, 7) is 6.40. The molecule has 0 aromatic carbocycles. The third-order valence-electron chi connectivity index (χ3n) is 6.26. The van der Waals surface area contributed by atoms with Gasteiger partial charge in [-0.1, -0.05) is 0 Å². The Labute approximate surface area is 170 Å². The molecule has 1 spiro atoms. The van der Waals surface area contributed by atoms with Crippen molar-refractivity contribution in [3.05, 3.63) is 36.4 Å². The lowest BCUT2D eigenvalue weighted by Crippen LogP contribution is -2.52. The molecule has 9 nitrogen and oxygen atoms in total. The Morgan fingerprint density at radius 3 is 2.66 bits per heavy atom. The van der Waals surface area contributed by atoms with E-state index in [4.69, 9.17) is 0 Å². The molecule has 0 saturated carbocycles. The number of aryl methyl sites for hydroxylation is 1. The van der Waals surface area contributed by atoms with Crippen LogP contribution < -0.4 is 0 Å². The highest BCUT2D eigenvalue weighted by molar-refractivity contribution is 5.80. The van der Waals surface area contributed by atoms with Crippen molar-refractivity contribution in [2.24, 2.45) is 5.41 Å². The zero-order valence-electron chi connectivity index (χ0n) is 17.0. The van der Waals surface area contributed by atoms with Crippen molar-refractivity contribution in [2.75, 3.05) is 19.6 Å². The van der Waals surface area contributed by atoms with E-state index in [0.717, 1.165) is 37.2 Å². The van der Waals surface area contributed by atoms with Crippen molar-refractivity contribution in [3.8, 4) is 0 Å². The monoisotopic (exact) mass is 397 g/mol. The summed E-state index contributed by atoms with van der Waals surface area (Å²) in [4.78, 5) is 41.7. The molecule has 2 fully saturated rings. The Bertz CT molecular complexity index is 857. The Hall–Kier alpha value is -2.84. The summed E-state index contributed by atoms with van der Waals surface area (Å²) in [7, 11) is 0. The van der Waals surface area contributed by atoms with Crippen LogP contribution in [-0.4, -0.2) is 66.0 Å². The number of rotatable bonds is 4. The molecule has 29 heavy (non-hydrogen) atoms. The van der Waals surface area contributed by atoms with Gasteiger partial charge in [0, 0.05) is 32.3 Å². The third-order valence-corrected chi connectivity index (χ3v) is 6.26. The van der Waals surface area contributed by atoms with Crippen molar-refractivity contribution in [1.82, 2.24) is 34.5 Å². The number of nitrogens with zero attached hydrogens (tertiary/aromatic N) is 7. The average molecular weight is 397 g/mol. The van der Waals surface area contributed by atoms with Gasteiger partial charge in [-0.05, 0) is 38.5 Å². The Kier molecular flexibility index (Phi) is 5.29. The fourth-order valence-corrected chi connectivity index (χ4v) is 4.35. The average Bonchev–Trinajstić information content (AvgIpc) is 3.27. The summed E-state index contributed by atoms with van der Waals surface area (Å²) in [5.74, 6) is 0.250. The summed E-state index contributed by atoms with van der Waals surface area (Å²) in [5.41, 5.74) is 1.77. The summed E-state index contributed by atoms with van der Waals surface area (Å²) in [6.07, 6.45) is 9.77. The third kappa shape index (κ3) is 4.13. The normalized spacial score (nSPS) is 20.1. The van der Waals surface area contributed by atoms with E-state index in [1.165, 1.54) is 6.33 Å². The quantitative estimate of drug-likeness (QED) is 0.773. The van der Waals surface area contributed by atoms with Crippen molar-refractivity contribution < 1.29 is 9.59 Å². The maximum absolute atomic E-state index is 12.8. The first-order valence-electron chi connectivity index (χ1n) is 10.1. The van der Waals surface area contributed by atoms with E-state index in [9.17, 15) is 9.59 Å². The molecule has 4 heterocycles. The molecular formula is C20H27N7O2. The minimum absolute atomic E-state index is 0.0732. The first-order chi connectivity index (χ1) is 14.0. The number of hydrogen-bond acceptors (Lipinski definition) is 6. The van der Waals surface area contributed by atoms with Gasteiger partial charge in [0.15, 0.2) is 0 Å². The molecule has 4 rings (SSSR count). The van der Waals surface area contributed by atoms with Crippen LogP contribution in [0.2, 0.25) is 0 Å². The summed E-state index contributed by atoms with van der Waals surface area (Å²) in [5, 5.41) is 4.08. The van der Waals surface area contributed by atoms with Gasteiger partial charge >= 0.3 is 0 Å². The lowest BCUT2D eigenvalue weighted by atomic mass is 9.72. The van der Waals surface area contributed by atoms with Gasteiger partial charge in [0.1, 0.15) is 18.7 Å². The zero-order valence-corrected chi connectivity index (χ0v) is 17.0. The van der Waals surface area contributed by atoms with Crippen molar-refractivity contribution in [3.63, 3.8) is 0 Å². The minimum Gasteiger partial charge on any atom is -0.341 e. The standard InChI is InChI=1S/C20H27N7O2/c1-15-9-23-17(10-22-15)11-26-12-20(4-3-18(26)28)5-7-25(8-6-20)19(29)16(2)27-14-21-13-24-27/h9-10,13-14,16H,3-8,11-12H2,1-2H3/t16-/m1/s1. The number of amides is 2. The van der Waals surface area contributed by atoms with Gasteiger partial charge in [-0.25, -0.2) is 9.67 Å². The molecule has 1 atom stereocenters. The van der Waals surface area contributed by atoms with E-state index in [2.05, 4.69) is 20.1 Å². The van der Waals surface area contributed by atoms with Gasteiger partial charge in [0.2, 0.25) is 11.8 Å². The van der Waals surface area contributed by atoms with Gasteiger partial charge in [0.05, 0.1) is 24.1 Å². The lowest BCUT2D eigenvalue weighted by molar-refractivity contribution is -0.144. The van der Waals surface area contributed by atoms with Crippen molar-refractivity contribution in [1.29, 1.82) is 0 Å². The highest BCUT2D eigenvalue weighted by atomic mass is 16.2. The molecule has 2 aliphatic heterocycles. The molecule has 2 aliphatic rings. The predicted molar refractivity (Wildman–Crippen MR) is 104 cm³/mol. The van der Waals surface area contributed by atoms with E-state index in [-0.39, 0.29) is 23.3 Å². The Morgan fingerprint density at radius 2 is 2.00 bits per heavy atom. The number of likely N-dealkylation sites (tertiary alicyclic amines) is 2. The van der Waals surface area contributed by atoms with Crippen LogP contribution in [0, 0.1) is 12.3 Å². The predicted octanol–water partition coefficient (Wildman–Crippen LogP) is 1.37. The molecule has 154 valence electrons. The Morgan fingerprint density at radius 1 is 1.21 bits per heavy atom. The summed E-state index contributed by atoms with van der Waals surface area (Å²) < 4.78 is 1.59. The second-order valence-corrected chi connectivity index (χ2v) is 8.28. The smallest absolute Gasteiger partial charge is 0.247 e. The fraction of sp³-hybridized carbons (Fsp3) is 0.600. The molecule has 0 aliphatic carbocycles. The number of carbonyl (C=O) groups is 2. The summed E-state index contributed by atoms with van der Waals surface area (Å²) >= 11 is 0. The van der Waals surface area contributed by atoms with Crippen LogP contribution >= 0.6 is 0 Å². The topological polar surface area (TPSA) is 97.1 Å². The van der Waals surface area contributed by atoms with E-state index >= 15 is 0 Å². The van der Waals surface area contributed by atoms with E-state index in [1.54, 1.807) is 23.4 Å². The van der Waals surface area contributed by atoms with Gasteiger partial charge in [-0.2, -0.15) is 5.10 Å². The van der Waals surface area contributed by atoms with Gasteiger partial charge in [-0.15, -0.1) is 0 Å². The van der Waals surface area contributed by atoms with Crippen LogP contribution in [-0.2, 0) is 16.1 Å². The van der Waals surface area contributed by atoms with Crippen LogP contribution in [0.1, 0.15) is 50.0 Å². The van der Waals surface area contributed by atoms with Crippen molar-refractivity contribution >= 4 is 11.8 Å². The van der Waals surface area contributed by atoms with Crippen LogP contribution in [0.25, 0.3) is 0 Å². The molecule has 0 bridgehead atoms. The molecule has 0 radical (unpaired) electrons. The van der Waals surface area contributed by atoms with Crippen LogP contribution in [0.4, 0.5) is 0 Å². The highest BCUT2D eigenvalue weighted by Crippen LogP contribution is 2.40. The van der Waals surface area contributed by atoms with Crippen LogP contribution in [0.3, 0.4) is 0 Å². The maximum atomic E-state index is 12.8. The van der Waals surface area contributed by atoms with Crippen LogP contribution in [0.5, 0.6) is 0 Å². The Balaban J connectivity index is 1.37. The largest absolute Gasteiger partial charge is 0.341 e. The van der Waals surface area contributed by atoms with E-state index < -0.39 is 0 Å². The van der Waals surface area contributed by atoms with E-state index in [0.29, 0.717) is 26.1 Å². The first-order valence-corrected chi connectivity index (χ1v) is 10.1. The number of hydrogen-bond donors (Lipinski definition) is 0. The van der Waals surface area contributed by atoms with Crippen molar-refractivity contribution in [2.45, 2.75) is 52.1 Å². The van der Waals surface area contributed by atoms with Crippen LogP contribution in [0.15, 0.2) is 25.0 Å². The SMILES string of the molecule is Cc1cnc(CN2CC3(CCC2=O)CCN(C(=O)[C@@H](C)n2cncn2)CC3)cn1. The second kappa shape index (κ2) is 7.88. The van der Waals surface area contributed by atoms with Gasteiger partial charge in [-0.3, -0.25) is 19.6 Å². The molecule has 2 amide bonds. The summed E-state index contributed by atoms with van der Waals surface area (Å²) in [6, 6.07) is -0.351. The molecule has 0 N–H and O–H groups in total. The number of carbonyl (C=O) groups excluding carboxylic acids is 2. The molecule has 2 aromatic rings. The first kappa shape index (κ1) is 19.5. The van der Waals surface area contributed by atoms with Gasteiger partial charge < -0.3 is 9.80 Å². The molecule has 0 unspecified atom stereocenters.